The minimum Gasteiger partial charge on any atom is -0.482 e. The molecule has 2 rings (SSSR count). The topological polar surface area (TPSA) is 94.7 Å². The second-order valence-corrected chi connectivity index (χ2v) is 6.08. The first kappa shape index (κ1) is 21.1. The van der Waals surface area contributed by atoms with Crippen molar-refractivity contribution < 1.29 is 33.0 Å². The Kier molecular flexibility index (Phi) is 6.92. The summed E-state index contributed by atoms with van der Waals surface area (Å²) in [5.74, 6) is -1.88. The number of H-pyrrole nitrogens is 1. The molecule has 0 unspecified atom stereocenters. The normalized spacial score (nSPS) is 11.6. The lowest BCUT2D eigenvalue weighted by Crippen LogP contribution is -2.28. The van der Waals surface area contributed by atoms with Gasteiger partial charge in [0, 0.05) is 5.69 Å². The van der Waals surface area contributed by atoms with Gasteiger partial charge in [-0.3, -0.25) is 4.79 Å². The molecule has 0 bridgehead atoms. The standard InChI is InChI=1S/C20H22FNO6/c1-5-26-20(25)17-11(2)18(22-12(17)3)19(24)13(4)28-16(23)10-27-15-8-6-14(21)7-9-15/h6-9,13,22H,5,10H2,1-4H3/t13-/m1/s1. The summed E-state index contributed by atoms with van der Waals surface area (Å²) in [6.45, 7) is 6.18. The zero-order valence-electron chi connectivity index (χ0n) is 16.1. The van der Waals surface area contributed by atoms with Gasteiger partial charge in [-0.15, -0.1) is 0 Å². The van der Waals surface area contributed by atoms with Gasteiger partial charge < -0.3 is 19.2 Å². The molecular weight excluding hydrogens is 369 g/mol. The molecule has 1 aromatic carbocycles. The minimum absolute atomic E-state index is 0.181. The van der Waals surface area contributed by atoms with Crippen molar-refractivity contribution in [3.05, 3.63) is 52.6 Å². The van der Waals surface area contributed by atoms with Crippen molar-refractivity contribution in [2.45, 2.75) is 33.8 Å². The average Bonchev–Trinajstić information content (AvgIpc) is 2.95. The Hall–Kier alpha value is -3.16. The number of ketones is 1. The van der Waals surface area contributed by atoms with Gasteiger partial charge in [0.15, 0.2) is 12.7 Å². The molecule has 1 aromatic heterocycles. The molecule has 8 heteroatoms. The number of aryl methyl sites for hydroxylation is 1. The summed E-state index contributed by atoms with van der Waals surface area (Å²) in [7, 11) is 0. The molecule has 0 aliphatic heterocycles. The van der Waals surface area contributed by atoms with E-state index >= 15 is 0 Å². The Balaban J connectivity index is 2.00. The van der Waals surface area contributed by atoms with Crippen LogP contribution in [0.3, 0.4) is 0 Å². The molecule has 0 saturated heterocycles. The number of ether oxygens (including phenoxy) is 3. The fourth-order valence-corrected chi connectivity index (χ4v) is 2.67. The van der Waals surface area contributed by atoms with Crippen molar-refractivity contribution >= 4 is 17.7 Å². The fraction of sp³-hybridized carbons (Fsp3) is 0.350. The molecule has 150 valence electrons. The molecule has 0 aliphatic carbocycles. The summed E-state index contributed by atoms with van der Waals surface area (Å²) in [4.78, 5) is 39.4. The summed E-state index contributed by atoms with van der Waals surface area (Å²) < 4.78 is 28.1. The molecule has 1 heterocycles. The molecule has 0 amide bonds. The minimum atomic E-state index is -1.09. The highest BCUT2D eigenvalue weighted by atomic mass is 19.1. The maximum Gasteiger partial charge on any atom is 0.344 e. The van der Waals surface area contributed by atoms with Gasteiger partial charge in [0.1, 0.15) is 11.6 Å². The van der Waals surface area contributed by atoms with Crippen LogP contribution >= 0.6 is 0 Å². The highest BCUT2D eigenvalue weighted by molar-refractivity contribution is 6.04. The smallest absolute Gasteiger partial charge is 0.344 e. The second-order valence-electron chi connectivity index (χ2n) is 6.08. The third-order valence-corrected chi connectivity index (χ3v) is 4.01. The number of aromatic amines is 1. The molecule has 0 saturated carbocycles. The van der Waals surface area contributed by atoms with Crippen molar-refractivity contribution in [1.82, 2.24) is 4.98 Å². The lowest BCUT2D eigenvalue weighted by Gasteiger charge is -2.13. The number of carbonyl (C=O) groups excluding carboxylic acids is 3. The van der Waals surface area contributed by atoms with Crippen LogP contribution in [0.5, 0.6) is 5.75 Å². The van der Waals surface area contributed by atoms with E-state index in [1.54, 1.807) is 20.8 Å². The van der Waals surface area contributed by atoms with Gasteiger partial charge >= 0.3 is 11.9 Å². The number of esters is 2. The van der Waals surface area contributed by atoms with Crippen LogP contribution in [-0.4, -0.2) is 42.0 Å². The summed E-state index contributed by atoms with van der Waals surface area (Å²) >= 11 is 0. The van der Waals surface area contributed by atoms with Crippen LogP contribution in [0.2, 0.25) is 0 Å². The van der Waals surface area contributed by atoms with E-state index in [9.17, 15) is 18.8 Å². The number of benzene rings is 1. The first-order valence-electron chi connectivity index (χ1n) is 8.72. The lowest BCUT2D eigenvalue weighted by molar-refractivity contribution is -0.148. The number of carbonyl (C=O) groups is 3. The molecule has 0 fully saturated rings. The van der Waals surface area contributed by atoms with Gasteiger partial charge in [-0.05, 0) is 57.5 Å². The van der Waals surface area contributed by atoms with Crippen molar-refractivity contribution in [3.8, 4) is 5.75 Å². The van der Waals surface area contributed by atoms with Gasteiger partial charge in [0.25, 0.3) is 0 Å². The summed E-state index contributed by atoms with van der Waals surface area (Å²) in [6, 6.07) is 5.15. The molecule has 28 heavy (non-hydrogen) atoms. The van der Waals surface area contributed by atoms with E-state index in [1.807, 2.05) is 0 Å². The van der Waals surface area contributed by atoms with Crippen molar-refractivity contribution in [2.24, 2.45) is 0 Å². The molecule has 0 spiro atoms. The van der Waals surface area contributed by atoms with Crippen LogP contribution in [0.1, 0.15) is 46.0 Å². The van der Waals surface area contributed by atoms with Crippen molar-refractivity contribution in [1.29, 1.82) is 0 Å². The summed E-state index contributed by atoms with van der Waals surface area (Å²) in [6.07, 6.45) is -1.09. The largest absolute Gasteiger partial charge is 0.482 e. The Morgan fingerprint density at radius 3 is 2.39 bits per heavy atom. The van der Waals surface area contributed by atoms with E-state index in [4.69, 9.17) is 14.2 Å². The number of aromatic nitrogens is 1. The van der Waals surface area contributed by atoms with Gasteiger partial charge in [-0.2, -0.15) is 0 Å². The molecular formula is C20H22FNO6. The Morgan fingerprint density at radius 2 is 1.79 bits per heavy atom. The second kappa shape index (κ2) is 9.16. The number of hydrogen-bond donors (Lipinski definition) is 1. The van der Waals surface area contributed by atoms with E-state index in [1.165, 1.54) is 31.2 Å². The quantitative estimate of drug-likeness (QED) is 0.549. The van der Waals surface area contributed by atoms with Crippen molar-refractivity contribution in [2.75, 3.05) is 13.2 Å². The number of rotatable bonds is 8. The number of hydrogen-bond acceptors (Lipinski definition) is 6. The highest BCUT2D eigenvalue weighted by Gasteiger charge is 2.27. The van der Waals surface area contributed by atoms with E-state index in [0.717, 1.165) is 0 Å². The third-order valence-electron chi connectivity index (χ3n) is 4.01. The third kappa shape index (κ3) is 4.97. The van der Waals surface area contributed by atoms with Crippen LogP contribution in [0.4, 0.5) is 4.39 Å². The number of Topliss-reactive ketones (excluding diaryl/α,β-unsaturated/α-hetero) is 1. The zero-order valence-corrected chi connectivity index (χ0v) is 16.1. The van der Waals surface area contributed by atoms with E-state index in [0.29, 0.717) is 22.6 Å². The van der Waals surface area contributed by atoms with Crippen LogP contribution < -0.4 is 4.74 Å². The Morgan fingerprint density at radius 1 is 1.14 bits per heavy atom. The predicted molar refractivity (Wildman–Crippen MR) is 98.0 cm³/mol. The lowest BCUT2D eigenvalue weighted by atomic mass is 10.1. The van der Waals surface area contributed by atoms with Crippen LogP contribution in [0.25, 0.3) is 0 Å². The van der Waals surface area contributed by atoms with Crippen molar-refractivity contribution in [3.63, 3.8) is 0 Å². The zero-order chi connectivity index (χ0) is 20.8. The van der Waals surface area contributed by atoms with Gasteiger partial charge in [-0.25, -0.2) is 14.0 Å². The van der Waals surface area contributed by atoms with Gasteiger partial charge in [-0.1, -0.05) is 0 Å². The fourth-order valence-electron chi connectivity index (χ4n) is 2.67. The molecule has 7 nitrogen and oxygen atoms in total. The van der Waals surface area contributed by atoms with Crippen LogP contribution in [0, 0.1) is 19.7 Å². The highest BCUT2D eigenvalue weighted by Crippen LogP contribution is 2.21. The molecule has 1 atom stereocenters. The Labute approximate surface area is 161 Å². The SMILES string of the molecule is CCOC(=O)c1c(C)[nH]c(C(=O)[C@@H](C)OC(=O)COc2ccc(F)cc2)c1C. The first-order chi connectivity index (χ1) is 13.2. The van der Waals surface area contributed by atoms with E-state index in [2.05, 4.69) is 4.98 Å². The van der Waals surface area contributed by atoms with E-state index in [-0.39, 0.29) is 12.3 Å². The first-order valence-corrected chi connectivity index (χ1v) is 8.72. The molecule has 2 aromatic rings. The van der Waals surface area contributed by atoms with Gasteiger partial charge in [0.05, 0.1) is 17.9 Å². The number of nitrogens with one attached hydrogen (secondary N) is 1. The van der Waals surface area contributed by atoms with Gasteiger partial charge in [0.2, 0.25) is 5.78 Å². The van der Waals surface area contributed by atoms with E-state index < -0.39 is 36.2 Å². The van der Waals surface area contributed by atoms with Crippen LogP contribution in [-0.2, 0) is 14.3 Å². The summed E-state index contributed by atoms with van der Waals surface area (Å²) in [5, 5.41) is 0. The maximum absolute atomic E-state index is 12.8. The molecule has 1 N–H and O–H groups in total. The molecule has 0 aliphatic rings. The predicted octanol–water partition coefficient (Wildman–Crippen LogP) is 3.14. The summed E-state index contributed by atoms with van der Waals surface area (Å²) in [5.41, 5.74) is 1.41. The Bertz CT molecular complexity index is 872. The maximum atomic E-state index is 12.8. The van der Waals surface area contributed by atoms with Crippen LogP contribution in [0.15, 0.2) is 24.3 Å². The number of halogens is 1. The molecule has 0 radical (unpaired) electrons. The average molecular weight is 391 g/mol. The monoisotopic (exact) mass is 391 g/mol.